The van der Waals surface area contributed by atoms with Crippen LogP contribution in [0.25, 0.3) is 0 Å². The Bertz CT molecular complexity index is 534. The highest BCUT2D eigenvalue weighted by Crippen LogP contribution is 2.26. The van der Waals surface area contributed by atoms with Crippen LogP contribution in [0.1, 0.15) is 17.7 Å². The Labute approximate surface area is 124 Å². The van der Waals surface area contributed by atoms with Crippen LogP contribution in [-0.2, 0) is 16.6 Å². The van der Waals surface area contributed by atoms with Gasteiger partial charge in [0.15, 0.2) is 0 Å². The molecule has 2 rings (SSSR count). The van der Waals surface area contributed by atoms with Crippen molar-refractivity contribution in [2.45, 2.75) is 23.7 Å². The lowest BCUT2D eigenvalue weighted by atomic mass is 9.97. The van der Waals surface area contributed by atoms with E-state index in [1.54, 1.807) is 19.2 Å². The van der Waals surface area contributed by atoms with Crippen LogP contribution in [0, 0.1) is 5.92 Å². The zero-order chi connectivity index (χ0) is 14.8. The van der Waals surface area contributed by atoms with Gasteiger partial charge in [-0.25, -0.2) is 8.42 Å². The Kier molecular flexibility index (Phi) is 5.19. The summed E-state index contributed by atoms with van der Waals surface area (Å²) in [7, 11) is 0.327. The minimum atomic E-state index is -3.41. The predicted octanol–water partition coefficient (Wildman–Crippen LogP) is 1.20. The summed E-state index contributed by atoms with van der Waals surface area (Å²) in [6.07, 6.45) is 2.09. The molecular weight excluding hydrogens is 296 g/mol. The van der Waals surface area contributed by atoms with Gasteiger partial charge >= 0.3 is 0 Å². The lowest BCUT2D eigenvalue weighted by Gasteiger charge is -2.31. The number of sulfonamides is 1. The second-order valence-electron chi connectivity index (χ2n) is 5.41. The highest BCUT2D eigenvalue weighted by atomic mass is 32.2. The van der Waals surface area contributed by atoms with E-state index in [4.69, 9.17) is 5.11 Å². The zero-order valence-corrected chi connectivity index (χ0v) is 13.6. The maximum absolute atomic E-state index is 12.4. The molecule has 0 spiro atoms. The van der Waals surface area contributed by atoms with Crippen molar-refractivity contribution in [2.24, 2.45) is 5.92 Å². The van der Waals surface area contributed by atoms with Crippen LogP contribution < -0.4 is 0 Å². The maximum Gasteiger partial charge on any atom is 0.252 e. The molecule has 0 aromatic carbocycles. The molecule has 114 valence electrons. The third kappa shape index (κ3) is 3.59. The lowest BCUT2D eigenvalue weighted by Crippen LogP contribution is -2.37. The normalized spacial score (nSPS) is 18.8. The number of thiophene rings is 1. The summed E-state index contributed by atoms with van der Waals surface area (Å²) in [6.45, 7) is 2.53. The number of hydrogen-bond donors (Lipinski definition) is 1. The molecule has 1 fully saturated rings. The van der Waals surface area contributed by atoms with Crippen LogP contribution >= 0.6 is 11.3 Å². The number of rotatable bonds is 5. The topological polar surface area (TPSA) is 60.9 Å². The molecule has 1 aromatic rings. The van der Waals surface area contributed by atoms with Gasteiger partial charge in [-0.05, 0) is 51.0 Å². The van der Waals surface area contributed by atoms with Gasteiger partial charge in [0.05, 0.1) is 6.61 Å². The highest BCUT2D eigenvalue weighted by molar-refractivity contribution is 7.91. The van der Waals surface area contributed by atoms with Crippen molar-refractivity contribution in [3.8, 4) is 0 Å². The van der Waals surface area contributed by atoms with E-state index >= 15 is 0 Å². The van der Waals surface area contributed by atoms with Gasteiger partial charge in [-0.2, -0.15) is 4.31 Å². The number of hydrogen-bond acceptors (Lipinski definition) is 5. The summed E-state index contributed by atoms with van der Waals surface area (Å²) < 4.78 is 26.7. The van der Waals surface area contributed by atoms with Crippen LogP contribution in [-0.4, -0.2) is 56.5 Å². The monoisotopic (exact) mass is 318 g/mol. The number of piperidine rings is 1. The average Bonchev–Trinajstić information content (AvgIpc) is 2.90. The van der Waals surface area contributed by atoms with Gasteiger partial charge in [-0.3, -0.25) is 0 Å². The van der Waals surface area contributed by atoms with Gasteiger partial charge in [-0.15, -0.1) is 11.3 Å². The quantitative estimate of drug-likeness (QED) is 0.886. The van der Waals surface area contributed by atoms with Crippen molar-refractivity contribution in [1.29, 1.82) is 0 Å². The lowest BCUT2D eigenvalue weighted by molar-refractivity contribution is 0.202. The summed E-state index contributed by atoms with van der Waals surface area (Å²) in [5, 5.41) is 9.04. The van der Waals surface area contributed by atoms with Gasteiger partial charge in [0.1, 0.15) is 4.21 Å². The summed E-state index contributed by atoms with van der Waals surface area (Å²) >= 11 is 1.14. The van der Waals surface area contributed by atoms with Gasteiger partial charge in [0.2, 0.25) is 0 Å². The zero-order valence-electron chi connectivity index (χ0n) is 11.9. The Balaban J connectivity index is 2.01. The third-order valence-corrected chi connectivity index (χ3v) is 7.17. The smallest absolute Gasteiger partial charge is 0.252 e. The fraction of sp³-hybridized carbons (Fsp3) is 0.692. The van der Waals surface area contributed by atoms with Crippen LogP contribution in [0.2, 0.25) is 0 Å². The van der Waals surface area contributed by atoms with E-state index in [0.717, 1.165) is 37.3 Å². The molecular formula is C13H22N2O3S2. The molecule has 0 bridgehead atoms. The molecule has 1 aliphatic heterocycles. The fourth-order valence-electron chi connectivity index (χ4n) is 2.44. The van der Waals surface area contributed by atoms with Crippen LogP contribution in [0.3, 0.4) is 0 Å². The molecule has 0 amide bonds. The number of nitrogens with zero attached hydrogens (tertiary/aromatic N) is 2. The number of likely N-dealkylation sites (tertiary alicyclic amines) is 1. The van der Waals surface area contributed by atoms with Crippen molar-refractivity contribution in [3.05, 3.63) is 17.0 Å². The summed E-state index contributed by atoms with van der Waals surface area (Å²) in [6, 6.07) is 3.25. The number of aliphatic hydroxyl groups is 1. The average molecular weight is 318 g/mol. The van der Waals surface area contributed by atoms with Gasteiger partial charge < -0.3 is 10.0 Å². The minimum absolute atomic E-state index is 0.112. The second kappa shape index (κ2) is 6.53. The van der Waals surface area contributed by atoms with E-state index in [1.165, 1.54) is 4.31 Å². The first-order valence-electron chi connectivity index (χ1n) is 6.78. The van der Waals surface area contributed by atoms with Crippen LogP contribution in [0.5, 0.6) is 0 Å². The largest absolute Gasteiger partial charge is 0.391 e. The standard InChI is InChI=1S/C13H22N2O3S2/c1-14-7-5-11(6-8-14)9-15(2)20(17,18)13-4-3-12(10-16)19-13/h3-4,11,16H,5-10H2,1-2H3. The Morgan fingerprint density at radius 1 is 1.40 bits per heavy atom. The molecule has 1 aliphatic rings. The Morgan fingerprint density at radius 3 is 2.60 bits per heavy atom. The van der Waals surface area contributed by atoms with Gasteiger partial charge in [0, 0.05) is 18.5 Å². The van der Waals surface area contributed by atoms with Gasteiger partial charge in [-0.1, -0.05) is 0 Å². The molecule has 2 heterocycles. The first-order chi connectivity index (χ1) is 9.43. The van der Waals surface area contributed by atoms with Crippen molar-refractivity contribution < 1.29 is 13.5 Å². The van der Waals surface area contributed by atoms with E-state index in [2.05, 4.69) is 11.9 Å². The van der Waals surface area contributed by atoms with Crippen LogP contribution in [0.15, 0.2) is 16.3 Å². The summed E-state index contributed by atoms with van der Waals surface area (Å²) in [5.74, 6) is 0.434. The maximum atomic E-state index is 12.4. The molecule has 1 aromatic heterocycles. The molecule has 0 saturated carbocycles. The van der Waals surface area contributed by atoms with E-state index < -0.39 is 10.0 Å². The molecule has 1 N–H and O–H groups in total. The molecule has 20 heavy (non-hydrogen) atoms. The minimum Gasteiger partial charge on any atom is -0.391 e. The molecule has 0 atom stereocenters. The molecule has 1 saturated heterocycles. The molecule has 0 radical (unpaired) electrons. The third-order valence-electron chi connectivity index (χ3n) is 3.81. The second-order valence-corrected chi connectivity index (χ2v) is 8.85. The summed E-state index contributed by atoms with van der Waals surface area (Å²) in [4.78, 5) is 2.95. The van der Waals surface area contributed by atoms with Crippen molar-refractivity contribution >= 4 is 21.4 Å². The molecule has 0 aliphatic carbocycles. The first-order valence-corrected chi connectivity index (χ1v) is 9.03. The van der Waals surface area contributed by atoms with Crippen molar-refractivity contribution in [1.82, 2.24) is 9.21 Å². The highest BCUT2D eigenvalue weighted by Gasteiger charge is 2.26. The van der Waals surface area contributed by atoms with Crippen molar-refractivity contribution in [2.75, 3.05) is 33.7 Å². The van der Waals surface area contributed by atoms with Gasteiger partial charge in [0.25, 0.3) is 10.0 Å². The summed E-state index contributed by atoms with van der Waals surface area (Å²) in [5.41, 5.74) is 0. The SMILES string of the molecule is CN1CCC(CN(C)S(=O)(=O)c2ccc(CO)s2)CC1. The van der Waals surface area contributed by atoms with E-state index in [-0.39, 0.29) is 6.61 Å². The number of aliphatic hydroxyl groups excluding tert-OH is 1. The van der Waals surface area contributed by atoms with Crippen LogP contribution in [0.4, 0.5) is 0 Å². The molecule has 7 heteroatoms. The Hall–Kier alpha value is -0.470. The fourth-order valence-corrected chi connectivity index (χ4v) is 5.12. The van der Waals surface area contributed by atoms with Crippen molar-refractivity contribution in [3.63, 3.8) is 0 Å². The molecule has 0 unspecified atom stereocenters. The van der Waals surface area contributed by atoms with E-state index in [1.807, 2.05) is 0 Å². The predicted molar refractivity (Wildman–Crippen MR) is 80.3 cm³/mol. The molecule has 5 nitrogen and oxygen atoms in total. The first kappa shape index (κ1) is 15.9. The van der Waals surface area contributed by atoms with E-state index in [0.29, 0.717) is 21.5 Å². The Morgan fingerprint density at radius 2 is 2.05 bits per heavy atom. The van der Waals surface area contributed by atoms with E-state index in [9.17, 15) is 8.42 Å².